The predicted molar refractivity (Wildman–Crippen MR) is 89.9 cm³/mol. The molecule has 0 aromatic heterocycles. The minimum Gasteiger partial charge on any atom is -0.314 e. The lowest BCUT2D eigenvalue weighted by Gasteiger charge is -2.38. The Bertz CT molecular complexity index is 561. The van der Waals surface area contributed by atoms with E-state index in [9.17, 15) is 22.0 Å². The fraction of sp³-hybridized carbons (Fsp3) is 0.625. The van der Waals surface area contributed by atoms with E-state index in [1.54, 1.807) is 0 Å². The molecule has 1 aliphatic carbocycles. The number of halogens is 7. The van der Waals surface area contributed by atoms with Gasteiger partial charge in [-0.2, -0.15) is 0 Å². The molecule has 144 valence electrons. The van der Waals surface area contributed by atoms with Crippen molar-refractivity contribution in [3.8, 4) is 0 Å². The normalized spacial score (nSPS) is 20.0. The Kier molecular flexibility index (Phi) is 8.38. The average molecular weight is 407 g/mol. The van der Waals surface area contributed by atoms with Crippen molar-refractivity contribution in [1.82, 2.24) is 10.2 Å². The van der Waals surface area contributed by atoms with E-state index in [4.69, 9.17) is 0 Å². The molecule has 0 radical (unpaired) electrons. The van der Waals surface area contributed by atoms with Crippen molar-refractivity contribution >= 4 is 24.8 Å². The largest absolute Gasteiger partial charge is 0.314 e. The fourth-order valence-electron chi connectivity index (χ4n) is 3.83. The van der Waals surface area contributed by atoms with Crippen LogP contribution >= 0.6 is 24.8 Å². The van der Waals surface area contributed by atoms with E-state index in [0.717, 1.165) is 25.7 Å². The quantitative estimate of drug-likeness (QED) is 0.455. The molecular formula is C16H21Cl2F5N2. The van der Waals surface area contributed by atoms with Crippen LogP contribution in [0.3, 0.4) is 0 Å². The van der Waals surface area contributed by atoms with Gasteiger partial charge in [0.25, 0.3) is 0 Å². The summed E-state index contributed by atoms with van der Waals surface area (Å²) in [7, 11) is 0. The highest BCUT2D eigenvalue weighted by atomic mass is 35.5. The summed E-state index contributed by atoms with van der Waals surface area (Å²) < 4.78 is 69.2. The van der Waals surface area contributed by atoms with Crippen molar-refractivity contribution in [1.29, 1.82) is 0 Å². The molecule has 2 nitrogen and oxygen atoms in total. The molecule has 0 unspecified atom stereocenters. The zero-order chi connectivity index (χ0) is 16.6. The SMILES string of the molecule is Cl.Cl.Fc1c(F)c(F)c([C@H](C2CCCC2)N2CCNCC2)c(F)c1F. The van der Waals surface area contributed by atoms with Crippen LogP contribution in [0.15, 0.2) is 0 Å². The van der Waals surface area contributed by atoms with E-state index < -0.39 is 40.7 Å². The number of rotatable bonds is 3. The molecule has 1 atom stereocenters. The van der Waals surface area contributed by atoms with Crippen LogP contribution in [0.1, 0.15) is 37.3 Å². The van der Waals surface area contributed by atoms with Gasteiger partial charge >= 0.3 is 0 Å². The summed E-state index contributed by atoms with van der Waals surface area (Å²) in [5, 5.41) is 3.14. The van der Waals surface area contributed by atoms with Gasteiger partial charge in [-0.15, -0.1) is 24.8 Å². The van der Waals surface area contributed by atoms with Gasteiger partial charge in [-0.25, -0.2) is 22.0 Å². The first-order valence-corrected chi connectivity index (χ1v) is 7.98. The second-order valence-electron chi connectivity index (χ2n) is 6.26. The maximum Gasteiger partial charge on any atom is 0.200 e. The van der Waals surface area contributed by atoms with E-state index in [1.165, 1.54) is 0 Å². The summed E-state index contributed by atoms with van der Waals surface area (Å²) >= 11 is 0. The Morgan fingerprint density at radius 2 is 1.20 bits per heavy atom. The molecule has 1 aliphatic heterocycles. The first-order valence-electron chi connectivity index (χ1n) is 7.98. The Morgan fingerprint density at radius 3 is 1.68 bits per heavy atom. The van der Waals surface area contributed by atoms with Gasteiger partial charge in [0, 0.05) is 37.8 Å². The van der Waals surface area contributed by atoms with E-state index in [-0.39, 0.29) is 30.7 Å². The summed E-state index contributed by atoms with van der Waals surface area (Å²) in [6.45, 7) is 2.33. The van der Waals surface area contributed by atoms with E-state index in [0.29, 0.717) is 26.2 Å². The van der Waals surface area contributed by atoms with Crippen LogP contribution in [-0.4, -0.2) is 31.1 Å². The van der Waals surface area contributed by atoms with E-state index >= 15 is 0 Å². The predicted octanol–water partition coefficient (Wildman–Crippen LogP) is 4.36. The van der Waals surface area contributed by atoms with Crippen molar-refractivity contribution in [2.24, 2.45) is 5.92 Å². The molecule has 0 amide bonds. The highest BCUT2D eigenvalue weighted by Crippen LogP contribution is 2.42. The molecule has 25 heavy (non-hydrogen) atoms. The van der Waals surface area contributed by atoms with Gasteiger partial charge in [0.2, 0.25) is 5.82 Å². The third-order valence-corrected chi connectivity index (χ3v) is 4.93. The number of nitrogens with zero attached hydrogens (tertiary/aromatic N) is 1. The molecule has 3 rings (SSSR count). The molecular weight excluding hydrogens is 386 g/mol. The molecule has 1 saturated carbocycles. The van der Waals surface area contributed by atoms with Crippen LogP contribution in [-0.2, 0) is 0 Å². The topological polar surface area (TPSA) is 15.3 Å². The number of piperazine rings is 1. The Morgan fingerprint density at radius 1 is 0.760 bits per heavy atom. The molecule has 9 heteroatoms. The smallest absolute Gasteiger partial charge is 0.200 e. The van der Waals surface area contributed by atoms with Crippen LogP contribution in [0.2, 0.25) is 0 Å². The summed E-state index contributed by atoms with van der Waals surface area (Å²) in [6, 6.07) is -0.760. The Hall–Kier alpha value is -0.630. The van der Waals surface area contributed by atoms with Crippen LogP contribution < -0.4 is 5.32 Å². The molecule has 0 spiro atoms. The summed E-state index contributed by atoms with van der Waals surface area (Å²) in [6.07, 6.45) is 3.33. The standard InChI is InChI=1S/C16H19F5N2.2ClH/c17-11-10(12(18)14(20)15(21)13(11)19)16(9-3-1-2-4-9)23-7-5-22-6-8-23;;/h9,16,22H,1-8H2;2*1H/t16-;;/m0../s1. The van der Waals surface area contributed by atoms with Gasteiger partial charge in [-0.05, 0) is 18.8 Å². The van der Waals surface area contributed by atoms with Gasteiger partial charge in [0.05, 0.1) is 0 Å². The molecule has 2 aliphatic rings. The maximum atomic E-state index is 14.3. The fourth-order valence-corrected chi connectivity index (χ4v) is 3.83. The zero-order valence-corrected chi connectivity index (χ0v) is 15.1. The van der Waals surface area contributed by atoms with Crippen LogP contribution in [0.4, 0.5) is 22.0 Å². The summed E-state index contributed by atoms with van der Waals surface area (Å²) in [5.74, 6) is -9.24. The average Bonchev–Trinajstić information content (AvgIpc) is 3.10. The molecule has 2 fully saturated rings. The molecule has 1 N–H and O–H groups in total. The lowest BCUT2D eigenvalue weighted by Crippen LogP contribution is -2.47. The van der Waals surface area contributed by atoms with Gasteiger partial charge in [-0.1, -0.05) is 12.8 Å². The lowest BCUT2D eigenvalue weighted by atomic mass is 9.88. The van der Waals surface area contributed by atoms with E-state index in [1.807, 2.05) is 4.90 Å². The minimum absolute atomic E-state index is 0. The molecule has 0 bridgehead atoms. The van der Waals surface area contributed by atoms with Crippen molar-refractivity contribution in [3.63, 3.8) is 0 Å². The summed E-state index contributed by atoms with van der Waals surface area (Å²) in [4.78, 5) is 1.85. The summed E-state index contributed by atoms with van der Waals surface area (Å²) in [5.41, 5.74) is -0.657. The highest BCUT2D eigenvalue weighted by molar-refractivity contribution is 5.85. The van der Waals surface area contributed by atoms with Gasteiger partial charge < -0.3 is 5.32 Å². The van der Waals surface area contributed by atoms with Gasteiger partial charge in [0.1, 0.15) is 0 Å². The number of hydrogen-bond acceptors (Lipinski definition) is 2. The molecule has 1 heterocycles. The maximum absolute atomic E-state index is 14.3. The number of nitrogens with one attached hydrogen (secondary N) is 1. The van der Waals surface area contributed by atoms with Crippen molar-refractivity contribution in [2.45, 2.75) is 31.7 Å². The second kappa shape index (κ2) is 9.35. The third kappa shape index (κ3) is 4.21. The van der Waals surface area contributed by atoms with Crippen molar-refractivity contribution < 1.29 is 22.0 Å². The molecule has 1 saturated heterocycles. The van der Waals surface area contributed by atoms with Crippen LogP contribution in [0.25, 0.3) is 0 Å². The van der Waals surface area contributed by atoms with E-state index in [2.05, 4.69) is 5.32 Å². The lowest BCUT2D eigenvalue weighted by molar-refractivity contribution is 0.117. The monoisotopic (exact) mass is 406 g/mol. The van der Waals surface area contributed by atoms with Crippen molar-refractivity contribution in [2.75, 3.05) is 26.2 Å². The Balaban J connectivity index is 0.00000156. The minimum atomic E-state index is -2.09. The van der Waals surface area contributed by atoms with Gasteiger partial charge in [-0.3, -0.25) is 4.90 Å². The number of hydrogen-bond donors (Lipinski definition) is 1. The first kappa shape index (κ1) is 22.4. The van der Waals surface area contributed by atoms with Crippen molar-refractivity contribution in [3.05, 3.63) is 34.6 Å². The Labute approximate surface area is 156 Å². The zero-order valence-electron chi connectivity index (χ0n) is 13.5. The second-order valence-corrected chi connectivity index (χ2v) is 6.26. The molecule has 1 aromatic carbocycles. The number of benzene rings is 1. The van der Waals surface area contributed by atoms with Gasteiger partial charge in [0.15, 0.2) is 23.3 Å². The van der Waals surface area contributed by atoms with Crippen LogP contribution in [0, 0.1) is 35.0 Å². The molecule has 1 aromatic rings. The third-order valence-electron chi connectivity index (χ3n) is 4.93. The first-order chi connectivity index (χ1) is 11.0. The van der Waals surface area contributed by atoms with Crippen LogP contribution in [0.5, 0.6) is 0 Å². The highest BCUT2D eigenvalue weighted by Gasteiger charge is 2.38.